The van der Waals surface area contributed by atoms with Gasteiger partial charge in [0.1, 0.15) is 5.75 Å². The largest absolute Gasteiger partial charge is 0.497 e. The summed E-state index contributed by atoms with van der Waals surface area (Å²) in [5.41, 5.74) is 1.98. The number of anilines is 1. The number of nitrogens with one attached hydrogen (secondary N) is 1. The van der Waals surface area contributed by atoms with E-state index in [-0.39, 0.29) is 6.04 Å². The Hall–Kier alpha value is -1.81. The second kappa shape index (κ2) is 4.22. The average Bonchev–Trinajstić information content (AvgIpc) is 2.91. The molecule has 1 atom stereocenters. The predicted molar refractivity (Wildman–Crippen MR) is 71.8 cm³/mol. The zero-order valence-electron chi connectivity index (χ0n) is 9.38. The average molecular weight is 244 g/mol. The van der Waals surface area contributed by atoms with Crippen molar-refractivity contribution in [3.63, 3.8) is 0 Å². The number of hydrogen-bond acceptors (Lipinski definition) is 4. The van der Waals surface area contributed by atoms with Crippen LogP contribution in [0.3, 0.4) is 0 Å². The first kappa shape index (κ1) is 10.4. The molecule has 2 heterocycles. The van der Waals surface area contributed by atoms with Crippen molar-refractivity contribution in [2.45, 2.75) is 6.04 Å². The van der Waals surface area contributed by atoms with Crippen LogP contribution in [0.2, 0.25) is 0 Å². The molecule has 0 fully saturated rings. The molecule has 1 aromatic carbocycles. The van der Waals surface area contributed by atoms with Crippen LogP contribution in [0.5, 0.6) is 5.75 Å². The second-order valence-electron chi connectivity index (χ2n) is 3.80. The summed E-state index contributed by atoms with van der Waals surface area (Å²) in [4.78, 5) is 5.75. The quantitative estimate of drug-likeness (QED) is 0.875. The number of hydrogen-bond donors (Lipinski definition) is 1. The Morgan fingerprint density at radius 2 is 2.29 bits per heavy atom. The molecule has 2 aromatic rings. The van der Waals surface area contributed by atoms with E-state index >= 15 is 0 Å². The summed E-state index contributed by atoms with van der Waals surface area (Å²) in [6, 6.07) is 10.2. The van der Waals surface area contributed by atoms with Crippen molar-refractivity contribution in [1.82, 2.24) is 0 Å². The van der Waals surface area contributed by atoms with Gasteiger partial charge in [-0.15, -0.1) is 11.3 Å². The van der Waals surface area contributed by atoms with Crippen molar-refractivity contribution < 1.29 is 4.74 Å². The summed E-state index contributed by atoms with van der Waals surface area (Å²) < 4.78 is 5.18. The molecule has 1 unspecified atom stereocenters. The number of thiophene rings is 1. The zero-order chi connectivity index (χ0) is 11.7. The van der Waals surface area contributed by atoms with E-state index < -0.39 is 0 Å². The van der Waals surface area contributed by atoms with Gasteiger partial charge in [-0.25, -0.2) is 0 Å². The molecule has 17 heavy (non-hydrogen) atoms. The van der Waals surface area contributed by atoms with Gasteiger partial charge in [-0.05, 0) is 23.6 Å². The van der Waals surface area contributed by atoms with Crippen LogP contribution in [0.15, 0.2) is 40.7 Å². The van der Waals surface area contributed by atoms with Crippen LogP contribution in [0.4, 0.5) is 11.4 Å². The highest BCUT2D eigenvalue weighted by Crippen LogP contribution is 2.35. The van der Waals surface area contributed by atoms with Crippen LogP contribution in [0.25, 0.3) is 0 Å². The lowest BCUT2D eigenvalue weighted by Crippen LogP contribution is -2.13. The van der Waals surface area contributed by atoms with Crippen LogP contribution in [0, 0.1) is 0 Å². The molecule has 0 aliphatic carbocycles. The van der Waals surface area contributed by atoms with E-state index in [1.807, 2.05) is 24.4 Å². The molecule has 1 N–H and O–H groups in total. The molecule has 3 nitrogen and oxygen atoms in total. The Balaban J connectivity index is 1.92. The first-order chi connectivity index (χ1) is 8.36. The van der Waals surface area contributed by atoms with Gasteiger partial charge < -0.3 is 10.1 Å². The third kappa shape index (κ3) is 1.91. The zero-order valence-corrected chi connectivity index (χ0v) is 10.2. The summed E-state index contributed by atoms with van der Waals surface area (Å²) in [5.74, 6) is 0.831. The lowest BCUT2D eigenvalue weighted by molar-refractivity contribution is 0.415. The first-order valence-corrected chi connectivity index (χ1v) is 6.27. The van der Waals surface area contributed by atoms with Gasteiger partial charge in [-0.3, -0.25) is 4.99 Å². The monoisotopic (exact) mass is 244 g/mol. The number of fused-ring (bicyclic) bond motifs is 1. The third-order valence-corrected chi connectivity index (χ3v) is 3.68. The van der Waals surface area contributed by atoms with Gasteiger partial charge in [0, 0.05) is 17.2 Å². The Bertz CT molecular complexity index is 549. The molecule has 0 amide bonds. The number of rotatable bonds is 2. The fourth-order valence-electron chi connectivity index (χ4n) is 1.84. The Morgan fingerprint density at radius 1 is 1.35 bits per heavy atom. The molecule has 1 aliphatic heterocycles. The summed E-state index contributed by atoms with van der Waals surface area (Å²) in [7, 11) is 1.66. The number of nitrogens with zero attached hydrogens (tertiary/aromatic N) is 1. The molecule has 4 heteroatoms. The first-order valence-electron chi connectivity index (χ1n) is 5.39. The summed E-state index contributed by atoms with van der Waals surface area (Å²) in [5, 5.41) is 5.53. The number of aliphatic imine (C=N–C) groups is 1. The van der Waals surface area contributed by atoms with E-state index in [0.29, 0.717) is 0 Å². The predicted octanol–water partition coefficient (Wildman–Crippen LogP) is 3.63. The maximum atomic E-state index is 5.18. The minimum atomic E-state index is 0.177. The van der Waals surface area contributed by atoms with Crippen LogP contribution in [-0.2, 0) is 0 Å². The van der Waals surface area contributed by atoms with Gasteiger partial charge in [0.25, 0.3) is 0 Å². The second-order valence-corrected chi connectivity index (χ2v) is 4.78. The topological polar surface area (TPSA) is 33.6 Å². The van der Waals surface area contributed by atoms with E-state index in [4.69, 9.17) is 4.74 Å². The standard InChI is InChI=1S/C13H12N2OS/c1-16-9-4-5-10-11(7-9)14-8-12(15-10)13-3-2-6-17-13/h2-8,12,15H,1H3. The fourth-order valence-corrected chi connectivity index (χ4v) is 2.58. The van der Waals surface area contributed by atoms with Gasteiger partial charge in [0.2, 0.25) is 0 Å². The van der Waals surface area contributed by atoms with E-state index in [9.17, 15) is 0 Å². The molecule has 1 aliphatic rings. The molecule has 0 bridgehead atoms. The molecule has 86 valence electrons. The molecular formula is C13H12N2OS. The number of benzene rings is 1. The summed E-state index contributed by atoms with van der Waals surface area (Å²) in [6.45, 7) is 0. The molecule has 0 saturated heterocycles. The van der Waals surface area contributed by atoms with Gasteiger partial charge >= 0.3 is 0 Å². The van der Waals surface area contributed by atoms with Crippen molar-refractivity contribution in [2.24, 2.45) is 4.99 Å². The minimum absolute atomic E-state index is 0.177. The molecule has 0 spiro atoms. The van der Waals surface area contributed by atoms with Crippen molar-refractivity contribution in [2.75, 3.05) is 12.4 Å². The lowest BCUT2D eigenvalue weighted by Gasteiger charge is -2.20. The summed E-state index contributed by atoms with van der Waals surface area (Å²) >= 11 is 1.73. The molecule has 3 rings (SSSR count). The number of ether oxygens (including phenoxy) is 1. The highest BCUT2D eigenvalue weighted by molar-refractivity contribution is 7.10. The van der Waals surface area contributed by atoms with Crippen LogP contribution < -0.4 is 10.1 Å². The number of methoxy groups -OCH3 is 1. The van der Waals surface area contributed by atoms with Crippen molar-refractivity contribution >= 4 is 28.9 Å². The minimum Gasteiger partial charge on any atom is -0.497 e. The Morgan fingerprint density at radius 3 is 3.06 bits per heavy atom. The molecular weight excluding hydrogens is 232 g/mol. The smallest absolute Gasteiger partial charge is 0.121 e. The molecule has 0 saturated carbocycles. The van der Waals surface area contributed by atoms with Crippen molar-refractivity contribution in [1.29, 1.82) is 0 Å². The lowest BCUT2D eigenvalue weighted by atomic mass is 10.1. The van der Waals surface area contributed by atoms with E-state index in [0.717, 1.165) is 17.1 Å². The SMILES string of the molecule is COc1ccc2c(c1)N=CC(c1cccs1)N2. The van der Waals surface area contributed by atoms with E-state index in [1.165, 1.54) is 4.88 Å². The highest BCUT2D eigenvalue weighted by Gasteiger charge is 2.16. The molecule has 1 aromatic heterocycles. The maximum absolute atomic E-state index is 5.18. The van der Waals surface area contributed by atoms with Crippen LogP contribution in [0.1, 0.15) is 10.9 Å². The van der Waals surface area contributed by atoms with Crippen LogP contribution in [-0.4, -0.2) is 13.3 Å². The van der Waals surface area contributed by atoms with E-state index in [2.05, 4.69) is 27.8 Å². The van der Waals surface area contributed by atoms with Gasteiger partial charge in [0.15, 0.2) is 0 Å². The molecule has 0 radical (unpaired) electrons. The highest BCUT2D eigenvalue weighted by atomic mass is 32.1. The van der Waals surface area contributed by atoms with Gasteiger partial charge in [-0.2, -0.15) is 0 Å². The Labute approximate surface area is 104 Å². The normalized spacial score (nSPS) is 17.4. The van der Waals surface area contributed by atoms with Crippen molar-refractivity contribution in [3.05, 3.63) is 40.6 Å². The fraction of sp³-hybridized carbons (Fsp3) is 0.154. The maximum Gasteiger partial charge on any atom is 0.121 e. The van der Waals surface area contributed by atoms with Crippen molar-refractivity contribution in [3.8, 4) is 5.75 Å². The van der Waals surface area contributed by atoms with Crippen LogP contribution >= 0.6 is 11.3 Å². The van der Waals surface area contributed by atoms with Gasteiger partial charge in [0.05, 0.1) is 24.5 Å². The summed E-state index contributed by atoms with van der Waals surface area (Å²) in [6.07, 6.45) is 1.94. The van der Waals surface area contributed by atoms with E-state index in [1.54, 1.807) is 18.4 Å². The Kier molecular flexibility index (Phi) is 2.57. The third-order valence-electron chi connectivity index (χ3n) is 2.73. The van der Waals surface area contributed by atoms with Gasteiger partial charge in [-0.1, -0.05) is 6.07 Å².